The number of carbonyl (C=O) groups is 1. The quantitative estimate of drug-likeness (QED) is 0.652. The summed E-state index contributed by atoms with van der Waals surface area (Å²) in [6.45, 7) is 6.87. The van der Waals surface area contributed by atoms with Crippen LogP contribution >= 0.6 is 0 Å². The van der Waals surface area contributed by atoms with E-state index in [-0.39, 0.29) is 5.54 Å². The third kappa shape index (κ3) is 2.57. The van der Waals surface area contributed by atoms with Crippen molar-refractivity contribution in [2.45, 2.75) is 51.2 Å². The predicted molar refractivity (Wildman–Crippen MR) is 126 cm³/mol. The van der Waals surface area contributed by atoms with Crippen molar-refractivity contribution in [1.29, 1.82) is 0 Å². The molecule has 4 heterocycles. The number of benzene rings is 2. The van der Waals surface area contributed by atoms with Crippen LogP contribution in [0.15, 0.2) is 42.5 Å². The van der Waals surface area contributed by atoms with Gasteiger partial charge in [0.1, 0.15) is 11.3 Å². The second-order valence-corrected chi connectivity index (χ2v) is 9.83. The molecule has 3 atom stereocenters. The number of nitrogens with one attached hydrogen (secondary N) is 1. The summed E-state index contributed by atoms with van der Waals surface area (Å²) >= 11 is 0. The number of carbonyl (C=O) groups excluding carboxylic acids is 1. The lowest BCUT2D eigenvalue weighted by Crippen LogP contribution is -2.49. The number of amides is 1. The number of aromatic nitrogens is 1. The molecule has 5 heteroatoms. The Labute approximate surface area is 189 Å². The number of hydrogen-bond donors (Lipinski definition) is 1. The first-order valence-electron chi connectivity index (χ1n) is 11.8. The Kier molecular flexibility index (Phi) is 4.41. The fourth-order valence-corrected chi connectivity index (χ4v) is 6.88. The van der Waals surface area contributed by atoms with Crippen molar-refractivity contribution >= 4 is 16.8 Å². The van der Waals surface area contributed by atoms with Gasteiger partial charge in [-0.25, -0.2) is 0 Å². The zero-order valence-electron chi connectivity index (χ0n) is 19.1. The van der Waals surface area contributed by atoms with Gasteiger partial charge in [0.2, 0.25) is 5.91 Å². The van der Waals surface area contributed by atoms with Crippen molar-refractivity contribution in [3.63, 3.8) is 0 Å². The largest absolute Gasteiger partial charge is 0.496 e. The molecule has 0 aliphatic carbocycles. The maximum absolute atomic E-state index is 13.9. The lowest BCUT2D eigenvalue weighted by molar-refractivity contribution is -0.137. The van der Waals surface area contributed by atoms with E-state index < -0.39 is 0 Å². The van der Waals surface area contributed by atoms with Gasteiger partial charge >= 0.3 is 0 Å². The van der Waals surface area contributed by atoms with Gasteiger partial charge in [0.05, 0.1) is 13.2 Å². The van der Waals surface area contributed by atoms with E-state index in [0.717, 1.165) is 43.7 Å². The number of methoxy groups -OCH3 is 1. The summed E-state index contributed by atoms with van der Waals surface area (Å²) < 4.78 is 5.54. The normalized spacial score (nSPS) is 27.3. The highest BCUT2D eigenvalue weighted by molar-refractivity contribution is 5.91. The summed E-state index contributed by atoms with van der Waals surface area (Å²) in [5, 5.41) is 1.31. The van der Waals surface area contributed by atoms with Crippen molar-refractivity contribution < 1.29 is 9.53 Å². The number of para-hydroxylation sites is 2. The molecule has 3 aliphatic heterocycles. The molecule has 0 saturated carbocycles. The molecular formula is C27H31N3O2. The molecule has 1 N–H and O–H groups in total. The summed E-state index contributed by atoms with van der Waals surface area (Å²) in [7, 11) is 1.70. The van der Waals surface area contributed by atoms with Crippen molar-refractivity contribution in [1.82, 2.24) is 14.8 Å². The number of hydrogen-bond acceptors (Lipinski definition) is 3. The Morgan fingerprint density at radius 1 is 1.16 bits per heavy atom. The molecule has 0 bridgehead atoms. The number of aromatic amines is 1. The van der Waals surface area contributed by atoms with Crippen LogP contribution in [0.5, 0.6) is 5.75 Å². The molecule has 3 aliphatic rings. The molecule has 166 valence electrons. The highest BCUT2D eigenvalue weighted by Gasteiger charge is 2.65. The Morgan fingerprint density at radius 2 is 2.00 bits per heavy atom. The lowest BCUT2D eigenvalue weighted by atomic mass is 9.85. The number of H-pyrrole nitrogens is 1. The molecular weight excluding hydrogens is 398 g/mol. The number of nitrogens with zero attached hydrogens (tertiary/aromatic N) is 2. The molecule has 0 radical (unpaired) electrons. The van der Waals surface area contributed by atoms with E-state index in [0.29, 0.717) is 24.4 Å². The van der Waals surface area contributed by atoms with E-state index in [1.807, 2.05) is 18.2 Å². The first-order valence-corrected chi connectivity index (χ1v) is 11.8. The maximum Gasteiger partial charge on any atom is 0.243 e. The van der Waals surface area contributed by atoms with E-state index in [4.69, 9.17) is 4.74 Å². The van der Waals surface area contributed by atoms with Crippen LogP contribution in [0.4, 0.5) is 0 Å². The summed E-state index contributed by atoms with van der Waals surface area (Å²) in [5.41, 5.74) is 5.94. The summed E-state index contributed by atoms with van der Waals surface area (Å²) in [6.07, 6.45) is 3.12. The second-order valence-electron chi connectivity index (χ2n) is 9.83. The Bertz CT molecular complexity index is 1210. The fourth-order valence-electron chi connectivity index (χ4n) is 6.88. The van der Waals surface area contributed by atoms with Gasteiger partial charge in [-0.05, 0) is 56.8 Å². The van der Waals surface area contributed by atoms with Crippen LogP contribution in [0, 0.1) is 19.8 Å². The van der Waals surface area contributed by atoms with Crippen molar-refractivity contribution in [3.8, 4) is 5.75 Å². The van der Waals surface area contributed by atoms with E-state index in [2.05, 4.69) is 52.9 Å². The average molecular weight is 430 g/mol. The molecule has 2 aromatic carbocycles. The highest BCUT2D eigenvalue weighted by atomic mass is 16.5. The van der Waals surface area contributed by atoms with Gasteiger partial charge in [0.25, 0.3) is 0 Å². The predicted octanol–water partition coefficient (Wildman–Crippen LogP) is 4.73. The zero-order valence-corrected chi connectivity index (χ0v) is 19.1. The Balaban J connectivity index is 1.34. The standard InChI is InChI=1S/C27H31N3O2/c1-17-8-6-10-21-18(2)25(28-24(17)21)22-14-20-16-29(15-19-9-4-5-11-23(19)32-3)26(31)27(20)12-7-13-30(22)27/h4-6,8-11,20,22,28H,7,12-16H2,1-3H3/t20-,22-,27-/m0/s1. The highest BCUT2D eigenvalue weighted by Crippen LogP contribution is 2.56. The summed E-state index contributed by atoms with van der Waals surface area (Å²) in [4.78, 5) is 22.3. The second kappa shape index (κ2) is 7.11. The number of likely N-dealkylation sites (tertiary alicyclic amines) is 1. The molecule has 5 nitrogen and oxygen atoms in total. The van der Waals surface area contributed by atoms with Crippen molar-refractivity contribution in [2.75, 3.05) is 20.2 Å². The minimum Gasteiger partial charge on any atom is -0.496 e. The SMILES string of the molecule is COc1ccccc1CN1C[C@@H]2C[C@@H](c3[nH]c4c(C)cccc4c3C)N3CCC[C@@]23C1=O. The van der Waals surface area contributed by atoms with Gasteiger partial charge in [0, 0.05) is 41.2 Å². The van der Waals surface area contributed by atoms with E-state index in [9.17, 15) is 4.79 Å². The molecule has 1 amide bonds. The average Bonchev–Trinajstić information content (AvgIpc) is 3.51. The van der Waals surface area contributed by atoms with E-state index in [1.165, 1.54) is 27.7 Å². The van der Waals surface area contributed by atoms with Gasteiger partial charge < -0.3 is 14.6 Å². The monoisotopic (exact) mass is 429 g/mol. The summed E-state index contributed by atoms with van der Waals surface area (Å²) in [5.74, 6) is 1.56. The van der Waals surface area contributed by atoms with Gasteiger partial charge in [-0.3, -0.25) is 9.69 Å². The molecule has 3 saturated heterocycles. The van der Waals surface area contributed by atoms with Crippen LogP contribution in [0.3, 0.4) is 0 Å². The van der Waals surface area contributed by atoms with Gasteiger partial charge in [-0.1, -0.05) is 36.4 Å². The van der Waals surface area contributed by atoms with Crippen molar-refractivity contribution in [2.24, 2.45) is 5.92 Å². The van der Waals surface area contributed by atoms with Crippen molar-refractivity contribution in [3.05, 3.63) is 64.8 Å². The van der Waals surface area contributed by atoms with Crippen LogP contribution < -0.4 is 4.74 Å². The number of aryl methyl sites for hydroxylation is 2. The smallest absolute Gasteiger partial charge is 0.243 e. The van der Waals surface area contributed by atoms with E-state index >= 15 is 0 Å². The number of ether oxygens (including phenoxy) is 1. The topological polar surface area (TPSA) is 48.6 Å². The molecule has 3 fully saturated rings. The minimum atomic E-state index is -0.328. The zero-order chi connectivity index (χ0) is 22.0. The Hall–Kier alpha value is -2.79. The third-order valence-electron chi connectivity index (χ3n) is 8.35. The summed E-state index contributed by atoms with van der Waals surface area (Å²) in [6, 6.07) is 14.9. The number of rotatable bonds is 4. The number of fused-ring (bicyclic) bond motifs is 1. The first kappa shape index (κ1) is 19.9. The van der Waals surface area contributed by atoms with Crippen LogP contribution in [-0.2, 0) is 11.3 Å². The first-order chi connectivity index (χ1) is 15.5. The van der Waals surface area contributed by atoms with Gasteiger partial charge in [-0.15, -0.1) is 0 Å². The molecule has 1 spiro atoms. The third-order valence-corrected chi connectivity index (χ3v) is 8.35. The maximum atomic E-state index is 13.9. The van der Waals surface area contributed by atoms with Gasteiger partial charge in [0.15, 0.2) is 0 Å². The lowest BCUT2D eigenvalue weighted by Gasteiger charge is -2.33. The molecule has 0 unspecified atom stereocenters. The fraction of sp³-hybridized carbons (Fsp3) is 0.444. The molecule has 32 heavy (non-hydrogen) atoms. The van der Waals surface area contributed by atoms with E-state index in [1.54, 1.807) is 7.11 Å². The Morgan fingerprint density at radius 3 is 2.81 bits per heavy atom. The van der Waals surface area contributed by atoms with Crippen LogP contribution in [0.2, 0.25) is 0 Å². The van der Waals surface area contributed by atoms with Crippen LogP contribution in [0.1, 0.15) is 47.7 Å². The minimum absolute atomic E-state index is 0.298. The molecule has 3 aromatic rings. The van der Waals surface area contributed by atoms with Crippen LogP contribution in [-0.4, -0.2) is 46.4 Å². The van der Waals surface area contributed by atoms with Gasteiger partial charge in [-0.2, -0.15) is 0 Å². The van der Waals surface area contributed by atoms with Crippen LogP contribution in [0.25, 0.3) is 10.9 Å². The molecule has 1 aromatic heterocycles. The molecule has 6 rings (SSSR count).